The van der Waals surface area contributed by atoms with Crippen LogP contribution in [-0.2, 0) is 17.8 Å². The van der Waals surface area contributed by atoms with Gasteiger partial charge in [-0.2, -0.15) is 5.10 Å². The molecule has 0 radical (unpaired) electrons. The molecule has 2 rings (SSSR count). The minimum Gasteiger partial charge on any atom is -0.465 e. The fourth-order valence-corrected chi connectivity index (χ4v) is 1.82. The summed E-state index contributed by atoms with van der Waals surface area (Å²) in [5.41, 5.74) is 1.66. The number of anilines is 1. The molecule has 0 aliphatic heterocycles. The van der Waals surface area contributed by atoms with Crippen LogP contribution >= 0.6 is 0 Å². The third-order valence-corrected chi connectivity index (χ3v) is 2.88. The molecule has 0 saturated carbocycles. The fraction of sp³-hybridized carbons (Fsp3) is 0.286. The molecule has 0 bridgehead atoms. The second kappa shape index (κ2) is 6.18. The van der Waals surface area contributed by atoms with E-state index >= 15 is 0 Å². The summed E-state index contributed by atoms with van der Waals surface area (Å²) in [5.74, 6) is -0.916. The second-order valence-electron chi connectivity index (χ2n) is 4.24. The van der Waals surface area contributed by atoms with Crippen molar-refractivity contribution in [2.24, 2.45) is 0 Å². The van der Waals surface area contributed by atoms with Crippen molar-refractivity contribution < 1.29 is 13.9 Å². The molecule has 2 aromatic rings. The van der Waals surface area contributed by atoms with Crippen molar-refractivity contribution in [3.63, 3.8) is 0 Å². The first kappa shape index (κ1) is 14.0. The number of aryl methyl sites for hydroxylation is 1. The average molecular weight is 277 g/mol. The van der Waals surface area contributed by atoms with Crippen LogP contribution in [0.3, 0.4) is 0 Å². The monoisotopic (exact) mass is 277 g/mol. The first-order chi connectivity index (χ1) is 9.63. The second-order valence-corrected chi connectivity index (χ2v) is 4.24. The van der Waals surface area contributed by atoms with Crippen LogP contribution in [0.2, 0.25) is 0 Å². The van der Waals surface area contributed by atoms with Crippen molar-refractivity contribution in [3.8, 4) is 0 Å². The van der Waals surface area contributed by atoms with Gasteiger partial charge in [0.05, 0.1) is 24.6 Å². The number of hydrogen-bond acceptors (Lipinski definition) is 4. The summed E-state index contributed by atoms with van der Waals surface area (Å²) >= 11 is 0. The van der Waals surface area contributed by atoms with Gasteiger partial charge in [0, 0.05) is 24.8 Å². The topological polar surface area (TPSA) is 56.2 Å². The lowest BCUT2D eigenvalue weighted by atomic mass is 10.1. The van der Waals surface area contributed by atoms with Gasteiger partial charge in [0.25, 0.3) is 0 Å². The van der Waals surface area contributed by atoms with E-state index in [4.69, 9.17) is 0 Å². The highest BCUT2D eigenvalue weighted by Crippen LogP contribution is 2.19. The van der Waals surface area contributed by atoms with Crippen LogP contribution in [0.5, 0.6) is 0 Å². The van der Waals surface area contributed by atoms with Gasteiger partial charge in [0.1, 0.15) is 5.82 Å². The number of nitrogens with one attached hydrogen (secondary N) is 1. The highest BCUT2D eigenvalue weighted by atomic mass is 19.1. The lowest BCUT2D eigenvalue weighted by Gasteiger charge is -2.10. The summed E-state index contributed by atoms with van der Waals surface area (Å²) < 4.78 is 19.8. The highest BCUT2D eigenvalue weighted by Gasteiger charge is 2.12. The fourth-order valence-electron chi connectivity index (χ4n) is 1.82. The van der Waals surface area contributed by atoms with Gasteiger partial charge in [-0.3, -0.25) is 4.68 Å². The van der Waals surface area contributed by atoms with E-state index in [0.717, 1.165) is 12.1 Å². The number of halogens is 1. The van der Waals surface area contributed by atoms with Crippen LogP contribution in [0.4, 0.5) is 10.1 Å². The maximum atomic E-state index is 13.3. The van der Waals surface area contributed by atoms with Crippen LogP contribution in [0, 0.1) is 5.82 Å². The Kier molecular flexibility index (Phi) is 4.34. The molecule has 0 fully saturated rings. The van der Waals surface area contributed by atoms with Crippen LogP contribution < -0.4 is 5.32 Å². The third kappa shape index (κ3) is 3.14. The SMILES string of the molecule is CCn1cc(CNc2cc(F)ccc2C(=O)OC)cn1. The zero-order valence-electron chi connectivity index (χ0n) is 11.4. The molecule has 0 atom stereocenters. The number of benzene rings is 1. The van der Waals surface area contributed by atoms with E-state index in [1.807, 2.05) is 13.1 Å². The number of ether oxygens (including phenoxy) is 1. The standard InChI is InChI=1S/C14H16FN3O2/c1-3-18-9-10(8-17-18)7-16-13-6-11(15)4-5-12(13)14(19)20-2/h4-6,8-9,16H,3,7H2,1-2H3. The zero-order valence-corrected chi connectivity index (χ0v) is 11.4. The lowest BCUT2D eigenvalue weighted by Crippen LogP contribution is -2.08. The molecule has 1 N–H and O–H groups in total. The molecule has 5 nitrogen and oxygen atoms in total. The van der Waals surface area contributed by atoms with E-state index < -0.39 is 11.8 Å². The first-order valence-corrected chi connectivity index (χ1v) is 6.27. The first-order valence-electron chi connectivity index (χ1n) is 6.27. The Morgan fingerprint density at radius 2 is 2.30 bits per heavy atom. The molecular formula is C14H16FN3O2. The highest BCUT2D eigenvalue weighted by molar-refractivity contribution is 5.95. The van der Waals surface area contributed by atoms with Crippen molar-refractivity contribution >= 4 is 11.7 Å². The normalized spacial score (nSPS) is 10.3. The smallest absolute Gasteiger partial charge is 0.339 e. The minimum absolute atomic E-state index is 0.303. The summed E-state index contributed by atoms with van der Waals surface area (Å²) in [6.45, 7) is 3.23. The van der Waals surface area contributed by atoms with Gasteiger partial charge < -0.3 is 10.1 Å². The largest absolute Gasteiger partial charge is 0.465 e. The molecular weight excluding hydrogens is 261 g/mol. The molecule has 0 saturated heterocycles. The summed E-state index contributed by atoms with van der Waals surface area (Å²) in [4.78, 5) is 11.6. The molecule has 6 heteroatoms. The van der Waals surface area contributed by atoms with Gasteiger partial charge in [0.2, 0.25) is 0 Å². The molecule has 1 heterocycles. The lowest BCUT2D eigenvalue weighted by molar-refractivity contribution is 0.0602. The van der Waals surface area contributed by atoms with E-state index in [0.29, 0.717) is 17.8 Å². The number of nitrogens with zero attached hydrogens (tertiary/aromatic N) is 2. The molecule has 106 valence electrons. The van der Waals surface area contributed by atoms with Crippen molar-refractivity contribution in [3.05, 3.63) is 47.5 Å². The minimum atomic E-state index is -0.503. The van der Waals surface area contributed by atoms with E-state index in [9.17, 15) is 9.18 Å². The van der Waals surface area contributed by atoms with E-state index in [-0.39, 0.29) is 0 Å². The molecule has 0 unspecified atom stereocenters. The van der Waals surface area contributed by atoms with Crippen molar-refractivity contribution in [2.45, 2.75) is 20.0 Å². The Morgan fingerprint density at radius 1 is 1.50 bits per heavy atom. The van der Waals surface area contributed by atoms with Crippen LogP contribution in [0.1, 0.15) is 22.8 Å². The number of esters is 1. The Balaban J connectivity index is 2.15. The predicted molar refractivity (Wildman–Crippen MR) is 73.0 cm³/mol. The van der Waals surface area contributed by atoms with E-state index in [1.54, 1.807) is 10.9 Å². The summed E-state index contributed by atoms with van der Waals surface area (Å²) in [7, 11) is 1.29. The van der Waals surface area contributed by atoms with Gasteiger partial charge in [0.15, 0.2) is 0 Å². The van der Waals surface area contributed by atoms with Gasteiger partial charge in [-0.1, -0.05) is 0 Å². The maximum Gasteiger partial charge on any atom is 0.339 e. The molecule has 1 aromatic heterocycles. The van der Waals surface area contributed by atoms with Crippen LogP contribution in [-0.4, -0.2) is 22.9 Å². The number of aromatic nitrogens is 2. The Labute approximate surface area is 116 Å². The third-order valence-electron chi connectivity index (χ3n) is 2.88. The molecule has 1 aromatic carbocycles. The van der Waals surface area contributed by atoms with Gasteiger partial charge in [-0.05, 0) is 25.1 Å². The molecule has 0 spiro atoms. The van der Waals surface area contributed by atoms with Crippen molar-refractivity contribution in [1.82, 2.24) is 9.78 Å². The maximum absolute atomic E-state index is 13.3. The predicted octanol–water partition coefficient (Wildman–Crippen LogP) is 2.44. The van der Waals surface area contributed by atoms with Gasteiger partial charge in [-0.15, -0.1) is 0 Å². The van der Waals surface area contributed by atoms with Crippen LogP contribution in [0.25, 0.3) is 0 Å². The number of methoxy groups -OCH3 is 1. The van der Waals surface area contributed by atoms with Crippen LogP contribution in [0.15, 0.2) is 30.6 Å². The molecule has 0 aliphatic carbocycles. The average Bonchev–Trinajstić information content (AvgIpc) is 2.92. The Morgan fingerprint density at radius 3 is 2.95 bits per heavy atom. The van der Waals surface area contributed by atoms with Crippen molar-refractivity contribution in [2.75, 3.05) is 12.4 Å². The molecule has 0 amide bonds. The quantitative estimate of drug-likeness (QED) is 0.853. The number of hydrogen-bond donors (Lipinski definition) is 1. The van der Waals surface area contributed by atoms with E-state index in [2.05, 4.69) is 15.2 Å². The van der Waals surface area contributed by atoms with Gasteiger partial charge >= 0.3 is 5.97 Å². The van der Waals surface area contributed by atoms with Gasteiger partial charge in [-0.25, -0.2) is 9.18 Å². The zero-order chi connectivity index (χ0) is 14.5. The van der Waals surface area contributed by atoms with Crippen molar-refractivity contribution in [1.29, 1.82) is 0 Å². The Hall–Kier alpha value is -2.37. The number of carbonyl (C=O) groups excluding carboxylic acids is 1. The van der Waals surface area contributed by atoms with E-state index in [1.165, 1.54) is 25.3 Å². The summed E-state index contributed by atoms with van der Waals surface area (Å²) in [5, 5.41) is 7.18. The number of rotatable bonds is 5. The number of carbonyl (C=O) groups is 1. The Bertz CT molecular complexity index is 610. The molecule has 0 aliphatic rings. The molecule has 20 heavy (non-hydrogen) atoms. The summed E-state index contributed by atoms with van der Waals surface area (Å²) in [6, 6.07) is 3.90. The summed E-state index contributed by atoms with van der Waals surface area (Å²) in [6.07, 6.45) is 3.62.